The smallest absolute Gasteiger partial charge is 0.315 e. The Kier molecular flexibility index (Phi) is 23.0. The second kappa shape index (κ2) is 24.7. The van der Waals surface area contributed by atoms with Gasteiger partial charge in [-0.15, -0.1) is 35.3 Å². The lowest BCUT2D eigenvalue weighted by Gasteiger charge is -2.31. The summed E-state index contributed by atoms with van der Waals surface area (Å²) < 4.78 is 30.1. The van der Waals surface area contributed by atoms with Crippen LogP contribution >= 0.6 is 35.3 Å². The van der Waals surface area contributed by atoms with Crippen molar-refractivity contribution in [3.63, 3.8) is 0 Å². The van der Waals surface area contributed by atoms with Gasteiger partial charge in [-0.3, -0.25) is 28.8 Å². The van der Waals surface area contributed by atoms with Gasteiger partial charge in [0.15, 0.2) is 0 Å². The van der Waals surface area contributed by atoms with E-state index in [2.05, 4.69) is 33.9 Å². The summed E-state index contributed by atoms with van der Waals surface area (Å²) in [5.74, 6) is -2.17. The molecular formula is C27H38O12S3. The molecule has 0 heterocycles. The lowest BCUT2D eigenvalue weighted by Crippen LogP contribution is -2.39. The Morgan fingerprint density at radius 2 is 0.833 bits per heavy atom. The second-order valence-electron chi connectivity index (χ2n) is 8.21. The van der Waals surface area contributed by atoms with Crippen LogP contribution < -0.4 is 0 Å². The van der Waals surface area contributed by atoms with Crippen LogP contribution in [-0.4, -0.2) is 90.2 Å². The average Bonchev–Trinajstić information content (AvgIpc) is 2.96. The maximum absolute atomic E-state index is 12.3. The van der Waals surface area contributed by atoms with Gasteiger partial charge in [-0.25, -0.2) is 0 Å². The molecular weight excluding hydrogens is 612 g/mol. The highest BCUT2D eigenvalue weighted by Gasteiger charge is 2.34. The number of hydrogen-bond donors (Lipinski definition) is 0. The lowest BCUT2D eigenvalue weighted by molar-refractivity contribution is -0.159. The first-order valence-electron chi connectivity index (χ1n) is 12.7. The van der Waals surface area contributed by atoms with E-state index in [1.54, 1.807) is 6.92 Å². The number of hydrogen-bond acceptors (Lipinski definition) is 15. The van der Waals surface area contributed by atoms with Crippen molar-refractivity contribution in [1.29, 1.82) is 0 Å². The maximum Gasteiger partial charge on any atom is 0.315 e. The van der Waals surface area contributed by atoms with Gasteiger partial charge in [0.05, 0.1) is 60.7 Å². The van der Waals surface area contributed by atoms with Crippen LogP contribution in [0.3, 0.4) is 0 Å². The van der Waals surface area contributed by atoms with Crippen molar-refractivity contribution in [2.75, 3.05) is 54.3 Å². The van der Waals surface area contributed by atoms with Crippen molar-refractivity contribution >= 4 is 71.1 Å². The zero-order chi connectivity index (χ0) is 31.6. The third-order valence-corrected chi connectivity index (χ3v) is 7.82. The monoisotopic (exact) mass is 650 g/mol. The molecule has 0 N–H and O–H groups in total. The van der Waals surface area contributed by atoms with Crippen LogP contribution in [0.2, 0.25) is 0 Å². The predicted molar refractivity (Wildman–Crippen MR) is 160 cm³/mol. The minimum absolute atomic E-state index is 0.0312. The highest BCUT2D eigenvalue weighted by Crippen LogP contribution is 2.25. The molecule has 42 heavy (non-hydrogen) atoms. The van der Waals surface area contributed by atoms with E-state index in [-0.39, 0.29) is 56.3 Å². The molecule has 0 amide bonds. The van der Waals surface area contributed by atoms with Gasteiger partial charge in [0.2, 0.25) is 0 Å². The lowest BCUT2D eigenvalue weighted by atomic mass is 9.88. The van der Waals surface area contributed by atoms with Gasteiger partial charge in [0.1, 0.15) is 19.8 Å². The fourth-order valence-corrected chi connectivity index (χ4v) is 4.76. The quantitative estimate of drug-likeness (QED) is 0.0612. The number of esters is 6. The highest BCUT2D eigenvalue weighted by molar-refractivity contribution is 8.00. The standard InChI is InChI=1S/C27H38O12S3/c1-5-27(18-37-24(31)15-40-12-9-21(28)34-6-2,19-38-25(32)16-41-13-10-22(29)35-7-3)20-39-26(33)17-42-14-11-23(30)36-8-4/h6-8H,2-5,9-20H2,1H3. The van der Waals surface area contributed by atoms with Crippen molar-refractivity contribution in [2.45, 2.75) is 32.6 Å². The molecule has 0 bridgehead atoms. The summed E-state index contributed by atoms with van der Waals surface area (Å²) in [5, 5.41) is 0. The Balaban J connectivity index is 4.93. The molecule has 0 fully saturated rings. The number of thioether (sulfide) groups is 3. The van der Waals surface area contributed by atoms with Crippen LogP contribution in [0, 0.1) is 5.41 Å². The van der Waals surface area contributed by atoms with Gasteiger partial charge in [-0.05, 0) is 6.42 Å². The summed E-state index contributed by atoms with van der Waals surface area (Å²) >= 11 is 3.54. The van der Waals surface area contributed by atoms with Crippen LogP contribution in [0.1, 0.15) is 32.6 Å². The summed E-state index contributed by atoms with van der Waals surface area (Å²) in [6, 6.07) is 0. The molecule has 0 saturated carbocycles. The van der Waals surface area contributed by atoms with Crippen molar-refractivity contribution in [1.82, 2.24) is 0 Å². The van der Waals surface area contributed by atoms with E-state index in [0.29, 0.717) is 23.7 Å². The molecule has 0 aliphatic carbocycles. The molecule has 0 aromatic carbocycles. The van der Waals surface area contributed by atoms with Crippen LogP contribution in [0.15, 0.2) is 38.5 Å². The summed E-state index contributed by atoms with van der Waals surface area (Å²) in [5.41, 5.74) is -1.02. The second-order valence-corrected chi connectivity index (χ2v) is 11.5. The Morgan fingerprint density at radius 1 is 0.548 bits per heavy atom. The molecule has 0 saturated heterocycles. The van der Waals surface area contributed by atoms with E-state index in [4.69, 9.17) is 14.2 Å². The number of carbonyl (C=O) groups is 6. The zero-order valence-corrected chi connectivity index (χ0v) is 26.1. The van der Waals surface area contributed by atoms with Gasteiger partial charge in [0, 0.05) is 17.3 Å². The molecule has 0 aromatic rings. The van der Waals surface area contributed by atoms with E-state index in [0.717, 1.165) is 18.8 Å². The fourth-order valence-electron chi connectivity index (χ4n) is 2.65. The maximum atomic E-state index is 12.3. The minimum atomic E-state index is -1.02. The van der Waals surface area contributed by atoms with Gasteiger partial charge >= 0.3 is 35.8 Å². The molecule has 15 heteroatoms. The molecule has 0 rings (SSSR count). The van der Waals surface area contributed by atoms with Crippen LogP contribution in [0.5, 0.6) is 0 Å². The minimum Gasteiger partial charge on any atom is -0.464 e. The topological polar surface area (TPSA) is 158 Å². The van der Waals surface area contributed by atoms with Crippen LogP contribution in [0.25, 0.3) is 0 Å². The normalized spacial score (nSPS) is 10.5. The number of carbonyl (C=O) groups excluding carboxylic acids is 6. The molecule has 12 nitrogen and oxygen atoms in total. The fraction of sp³-hybridized carbons (Fsp3) is 0.556. The molecule has 0 aromatic heterocycles. The van der Waals surface area contributed by atoms with E-state index >= 15 is 0 Å². The third kappa shape index (κ3) is 20.9. The average molecular weight is 651 g/mol. The molecule has 0 spiro atoms. The van der Waals surface area contributed by atoms with Crippen molar-refractivity contribution in [2.24, 2.45) is 5.41 Å². The van der Waals surface area contributed by atoms with Gasteiger partial charge in [0.25, 0.3) is 0 Å². The van der Waals surface area contributed by atoms with Crippen LogP contribution in [-0.2, 0) is 57.2 Å². The summed E-state index contributed by atoms with van der Waals surface area (Å²) in [4.78, 5) is 71.0. The SMILES string of the molecule is C=COC(=O)CCSCC(=O)OCC(CC)(COC(=O)CSCCC(=O)OC=C)COC(=O)CSCCC(=O)OC=C. The van der Waals surface area contributed by atoms with Crippen molar-refractivity contribution < 1.29 is 57.2 Å². The van der Waals surface area contributed by atoms with Gasteiger partial charge in [-0.2, -0.15) is 0 Å². The Labute approximate surface area is 258 Å². The van der Waals surface area contributed by atoms with Crippen molar-refractivity contribution in [3.05, 3.63) is 38.5 Å². The zero-order valence-electron chi connectivity index (χ0n) is 23.7. The summed E-state index contributed by atoms with van der Waals surface area (Å²) in [6.45, 7) is 11.1. The number of ether oxygens (including phenoxy) is 6. The van der Waals surface area contributed by atoms with E-state index in [9.17, 15) is 28.8 Å². The largest absolute Gasteiger partial charge is 0.464 e. The van der Waals surface area contributed by atoms with Gasteiger partial charge < -0.3 is 28.4 Å². The van der Waals surface area contributed by atoms with E-state index < -0.39 is 41.2 Å². The summed E-state index contributed by atoms with van der Waals surface area (Å²) in [6.07, 6.45) is 3.71. The van der Waals surface area contributed by atoms with Crippen LogP contribution in [0.4, 0.5) is 0 Å². The molecule has 0 unspecified atom stereocenters. The van der Waals surface area contributed by atoms with E-state index in [1.807, 2.05) is 0 Å². The number of rotatable bonds is 25. The molecule has 0 atom stereocenters. The molecule has 0 aliphatic rings. The molecule has 236 valence electrons. The first-order valence-corrected chi connectivity index (χ1v) is 16.2. The Bertz CT molecular complexity index is 810. The molecule has 0 aliphatic heterocycles. The Morgan fingerprint density at radius 3 is 1.07 bits per heavy atom. The first-order chi connectivity index (χ1) is 20.1. The van der Waals surface area contributed by atoms with Gasteiger partial charge in [-0.1, -0.05) is 26.7 Å². The predicted octanol–water partition coefficient (Wildman–Crippen LogP) is 3.44. The summed E-state index contributed by atoms with van der Waals surface area (Å²) in [7, 11) is 0. The molecule has 0 radical (unpaired) electrons. The Hall–Kier alpha value is -2.91. The highest BCUT2D eigenvalue weighted by atomic mass is 32.2. The van der Waals surface area contributed by atoms with Crippen molar-refractivity contribution in [3.8, 4) is 0 Å². The third-order valence-electron chi connectivity index (χ3n) is 5.02. The first kappa shape index (κ1) is 39.1. The van der Waals surface area contributed by atoms with E-state index in [1.165, 1.54) is 35.3 Å².